The van der Waals surface area contributed by atoms with Gasteiger partial charge < -0.3 is 15.1 Å². The number of ether oxygens (including phenoxy) is 1. The lowest BCUT2D eigenvalue weighted by molar-refractivity contribution is 0.321. The first-order chi connectivity index (χ1) is 6.19. The van der Waals surface area contributed by atoms with Gasteiger partial charge in [-0.3, -0.25) is 0 Å². The second-order valence-electron chi connectivity index (χ2n) is 2.62. The van der Waals surface area contributed by atoms with E-state index in [-0.39, 0.29) is 5.75 Å². The van der Waals surface area contributed by atoms with E-state index in [4.69, 9.17) is 9.94 Å². The number of hydrogen-bond donors (Lipinski definition) is 2. The van der Waals surface area contributed by atoms with Crippen molar-refractivity contribution in [2.45, 2.75) is 6.92 Å². The number of phenols is 1. The minimum atomic E-state index is 0.129. The molecule has 0 spiro atoms. The third kappa shape index (κ3) is 1.90. The molecular formula is C9H11NO3. The van der Waals surface area contributed by atoms with Gasteiger partial charge in [-0.15, -0.1) is 0 Å². The van der Waals surface area contributed by atoms with Crippen LogP contribution in [0.1, 0.15) is 11.1 Å². The van der Waals surface area contributed by atoms with E-state index in [1.165, 1.54) is 19.4 Å². The Kier molecular flexibility index (Phi) is 2.74. The molecule has 0 amide bonds. The van der Waals surface area contributed by atoms with Crippen LogP contribution in [-0.2, 0) is 0 Å². The molecule has 4 heteroatoms. The molecule has 4 nitrogen and oxygen atoms in total. The van der Waals surface area contributed by atoms with E-state index in [2.05, 4.69) is 5.16 Å². The second-order valence-corrected chi connectivity index (χ2v) is 2.62. The summed E-state index contributed by atoms with van der Waals surface area (Å²) in [5, 5.41) is 20.5. The van der Waals surface area contributed by atoms with Gasteiger partial charge in [-0.05, 0) is 18.6 Å². The van der Waals surface area contributed by atoms with E-state index >= 15 is 0 Å². The van der Waals surface area contributed by atoms with Crippen LogP contribution in [-0.4, -0.2) is 23.6 Å². The molecule has 0 heterocycles. The Morgan fingerprint density at radius 2 is 2.15 bits per heavy atom. The fraction of sp³-hybridized carbons (Fsp3) is 0.222. The molecule has 0 saturated heterocycles. The molecule has 70 valence electrons. The van der Waals surface area contributed by atoms with Gasteiger partial charge in [-0.1, -0.05) is 5.16 Å². The summed E-state index contributed by atoms with van der Waals surface area (Å²) in [6.45, 7) is 1.79. The average Bonchev–Trinajstić information content (AvgIpc) is 2.09. The molecule has 0 aromatic heterocycles. The molecule has 0 bridgehead atoms. The molecule has 0 unspecified atom stereocenters. The van der Waals surface area contributed by atoms with Crippen LogP contribution in [0.25, 0.3) is 0 Å². The summed E-state index contributed by atoms with van der Waals surface area (Å²) in [4.78, 5) is 0. The van der Waals surface area contributed by atoms with Crippen LogP contribution in [0, 0.1) is 6.92 Å². The highest BCUT2D eigenvalue weighted by Crippen LogP contribution is 2.25. The van der Waals surface area contributed by atoms with Crippen molar-refractivity contribution in [1.82, 2.24) is 0 Å². The predicted molar refractivity (Wildman–Crippen MR) is 48.8 cm³/mol. The molecular weight excluding hydrogens is 170 g/mol. The molecule has 1 rings (SSSR count). The predicted octanol–water partition coefficient (Wildman–Crippen LogP) is 1.52. The van der Waals surface area contributed by atoms with Gasteiger partial charge >= 0.3 is 0 Å². The highest BCUT2D eigenvalue weighted by atomic mass is 16.5. The van der Waals surface area contributed by atoms with Gasteiger partial charge in [0.1, 0.15) is 11.5 Å². The van der Waals surface area contributed by atoms with Crippen molar-refractivity contribution >= 4 is 6.21 Å². The lowest BCUT2D eigenvalue weighted by Gasteiger charge is -2.07. The van der Waals surface area contributed by atoms with Crippen molar-refractivity contribution in [2.24, 2.45) is 5.16 Å². The zero-order valence-corrected chi connectivity index (χ0v) is 7.48. The van der Waals surface area contributed by atoms with Crippen LogP contribution in [0.15, 0.2) is 17.3 Å². The standard InChI is InChI=1S/C9H11NO3/c1-6-3-7(11)4-9(13-2)8(6)5-10-12/h3-5,11-12H,1-2H3/b10-5+. The minimum Gasteiger partial charge on any atom is -0.508 e. The topological polar surface area (TPSA) is 62.0 Å². The first-order valence-corrected chi connectivity index (χ1v) is 3.74. The van der Waals surface area contributed by atoms with Crippen molar-refractivity contribution < 1.29 is 15.1 Å². The smallest absolute Gasteiger partial charge is 0.131 e. The molecule has 0 fully saturated rings. The number of rotatable bonds is 2. The molecule has 0 atom stereocenters. The molecule has 1 aromatic rings. The molecule has 0 aliphatic rings. The largest absolute Gasteiger partial charge is 0.508 e. The first-order valence-electron chi connectivity index (χ1n) is 3.74. The van der Waals surface area contributed by atoms with Crippen LogP contribution in [0.3, 0.4) is 0 Å². The van der Waals surface area contributed by atoms with E-state index in [1.54, 1.807) is 13.0 Å². The zero-order chi connectivity index (χ0) is 9.84. The quantitative estimate of drug-likeness (QED) is 0.413. The van der Waals surface area contributed by atoms with Crippen LogP contribution in [0.5, 0.6) is 11.5 Å². The van der Waals surface area contributed by atoms with E-state index in [0.29, 0.717) is 11.3 Å². The van der Waals surface area contributed by atoms with Gasteiger partial charge in [0.2, 0.25) is 0 Å². The van der Waals surface area contributed by atoms with Gasteiger partial charge in [0.25, 0.3) is 0 Å². The maximum Gasteiger partial charge on any atom is 0.131 e. The third-order valence-electron chi connectivity index (χ3n) is 1.74. The Morgan fingerprint density at radius 3 is 2.69 bits per heavy atom. The Bertz CT molecular complexity index is 334. The van der Waals surface area contributed by atoms with Crippen LogP contribution in [0.2, 0.25) is 0 Å². The van der Waals surface area contributed by atoms with Gasteiger partial charge in [0, 0.05) is 11.6 Å². The van der Waals surface area contributed by atoms with Gasteiger partial charge in [0.15, 0.2) is 0 Å². The summed E-state index contributed by atoms with van der Waals surface area (Å²) in [7, 11) is 1.49. The normalized spacial score (nSPS) is 10.6. The third-order valence-corrected chi connectivity index (χ3v) is 1.74. The highest BCUT2D eigenvalue weighted by molar-refractivity contribution is 5.85. The second kappa shape index (κ2) is 3.80. The number of benzene rings is 1. The number of oxime groups is 1. The fourth-order valence-corrected chi connectivity index (χ4v) is 1.14. The van der Waals surface area contributed by atoms with Crippen molar-refractivity contribution in [3.63, 3.8) is 0 Å². The molecule has 0 aliphatic carbocycles. The molecule has 1 aromatic carbocycles. The van der Waals surface area contributed by atoms with Crippen LogP contribution >= 0.6 is 0 Å². The van der Waals surface area contributed by atoms with E-state index in [9.17, 15) is 5.11 Å². The van der Waals surface area contributed by atoms with Crippen molar-refractivity contribution in [3.05, 3.63) is 23.3 Å². The number of hydrogen-bond acceptors (Lipinski definition) is 4. The monoisotopic (exact) mass is 181 g/mol. The van der Waals surface area contributed by atoms with E-state index in [0.717, 1.165) is 5.56 Å². The SMILES string of the molecule is COc1cc(O)cc(C)c1/C=N/O. The Balaban J connectivity index is 3.29. The average molecular weight is 181 g/mol. The Labute approximate surface area is 76.1 Å². The molecule has 13 heavy (non-hydrogen) atoms. The number of methoxy groups -OCH3 is 1. The molecule has 0 radical (unpaired) electrons. The van der Waals surface area contributed by atoms with Gasteiger partial charge in [-0.2, -0.15) is 0 Å². The Morgan fingerprint density at radius 1 is 1.46 bits per heavy atom. The number of phenolic OH excluding ortho intramolecular Hbond substituents is 1. The van der Waals surface area contributed by atoms with Crippen molar-refractivity contribution in [1.29, 1.82) is 0 Å². The van der Waals surface area contributed by atoms with Gasteiger partial charge in [0.05, 0.1) is 13.3 Å². The van der Waals surface area contributed by atoms with E-state index in [1.807, 2.05) is 0 Å². The molecule has 0 saturated carbocycles. The van der Waals surface area contributed by atoms with Crippen LogP contribution < -0.4 is 4.74 Å². The van der Waals surface area contributed by atoms with Crippen molar-refractivity contribution in [3.8, 4) is 11.5 Å². The summed E-state index contributed by atoms with van der Waals surface area (Å²) >= 11 is 0. The number of aromatic hydroxyl groups is 1. The summed E-state index contributed by atoms with van der Waals surface area (Å²) in [5.74, 6) is 0.611. The fourth-order valence-electron chi connectivity index (χ4n) is 1.14. The van der Waals surface area contributed by atoms with Gasteiger partial charge in [-0.25, -0.2) is 0 Å². The zero-order valence-electron chi connectivity index (χ0n) is 7.48. The molecule has 0 aliphatic heterocycles. The van der Waals surface area contributed by atoms with Crippen LogP contribution in [0.4, 0.5) is 0 Å². The Hall–Kier alpha value is -1.71. The summed E-state index contributed by atoms with van der Waals surface area (Å²) < 4.78 is 5.00. The summed E-state index contributed by atoms with van der Waals surface area (Å²) in [6.07, 6.45) is 1.27. The molecule has 2 N–H and O–H groups in total. The minimum absolute atomic E-state index is 0.129. The lowest BCUT2D eigenvalue weighted by Crippen LogP contribution is -1.94. The summed E-state index contributed by atoms with van der Waals surface area (Å²) in [5.41, 5.74) is 1.44. The number of nitrogens with zero attached hydrogens (tertiary/aromatic N) is 1. The van der Waals surface area contributed by atoms with E-state index < -0.39 is 0 Å². The van der Waals surface area contributed by atoms with Crippen molar-refractivity contribution in [2.75, 3.05) is 7.11 Å². The lowest BCUT2D eigenvalue weighted by atomic mass is 10.1. The summed E-state index contributed by atoms with van der Waals surface area (Å²) in [6, 6.07) is 3.03. The maximum atomic E-state index is 9.23. The first kappa shape index (κ1) is 9.38. The number of aryl methyl sites for hydroxylation is 1. The maximum absolute atomic E-state index is 9.23. The highest BCUT2D eigenvalue weighted by Gasteiger charge is 2.06.